The van der Waals surface area contributed by atoms with Crippen LogP contribution in [0.4, 0.5) is 0 Å². The minimum atomic E-state index is -0.650. The number of ether oxygens (including phenoxy) is 3. The van der Waals surface area contributed by atoms with E-state index in [2.05, 4.69) is 15.9 Å². The van der Waals surface area contributed by atoms with Crippen LogP contribution < -0.4 is 9.47 Å². The number of esters is 1. The number of halogens is 1. The first-order chi connectivity index (χ1) is 12.0. The highest BCUT2D eigenvalue weighted by Crippen LogP contribution is 2.32. The molecular formula is C19H19BrO5. The van der Waals surface area contributed by atoms with Crippen molar-refractivity contribution in [3.8, 4) is 11.5 Å². The predicted octanol–water partition coefficient (Wildman–Crippen LogP) is 3.95. The number of hydrogen-bond acceptors (Lipinski definition) is 5. The molecule has 2 rings (SSSR count). The first-order valence-electron chi connectivity index (χ1n) is 7.60. The zero-order valence-corrected chi connectivity index (χ0v) is 15.8. The minimum Gasteiger partial charge on any atom is -0.497 e. The van der Waals surface area contributed by atoms with Crippen LogP contribution in [0.1, 0.15) is 28.9 Å². The second kappa shape index (κ2) is 8.78. The fourth-order valence-corrected chi connectivity index (χ4v) is 3.19. The van der Waals surface area contributed by atoms with E-state index in [-0.39, 0.29) is 11.5 Å². The van der Waals surface area contributed by atoms with Gasteiger partial charge in [-0.3, -0.25) is 9.59 Å². The molecule has 0 heterocycles. The molecule has 2 aromatic rings. The van der Waals surface area contributed by atoms with E-state index in [0.29, 0.717) is 5.56 Å². The summed E-state index contributed by atoms with van der Waals surface area (Å²) < 4.78 is 15.8. The third-order valence-electron chi connectivity index (χ3n) is 3.62. The van der Waals surface area contributed by atoms with Crippen LogP contribution in [-0.2, 0) is 9.53 Å². The highest BCUT2D eigenvalue weighted by Gasteiger charge is 2.30. The third kappa shape index (κ3) is 4.67. The van der Waals surface area contributed by atoms with E-state index in [1.165, 1.54) is 14.0 Å². The Hall–Kier alpha value is -2.18. The van der Waals surface area contributed by atoms with E-state index >= 15 is 0 Å². The summed E-state index contributed by atoms with van der Waals surface area (Å²) in [6, 6.07) is 13.9. The van der Waals surface area contributed by atoms with Crippen LogP contribution >= 0.6 is 15.9 Å². The van der Waals surface area contributed by atoms with Gasteiger partial charge in [-0.05, 0) is 29.8 Å². The van der Waals surface area contributed by atoms with Crippen molar-refractivity contribution in [1.29, 1.82) is 0 Å². The van der Waals surface area contributed by atoms with Gasteiger partial charge < -0.3 is 14.2 Å². The lowest BCUT2D eigenvalue weighted by Crippen LogP contribution is -2.25. The molecule has 0 N–H and O–H groups in total. The number of benzene rings is 2. The van der Waals surface area contributed by atoms with Gasteiger partial charge in [0.1, 0.15) is 22.4 Å². The van der Waals surface area contributed by atoms with Crippen molar-refractivity contribution in [3.05, 3.63) is 59.7 Å². The standard InChI is InChI=1S/C19H19BrO5/c1-12(21)25-16-7-5-4-6-15(16)18(22)17(20)19(24-3)13-8-10-14(23-2)11-9-13/h4-11,17,19H,1-3H3. The minimum absolute atomic E-state index is 0.231. The van der Waals surface area contributed by atoms with Gasteiger partial charge in [0, 0.05) is 14.0 Å². The van der Waals surface area contributed by atoms with Crippen molar-refractivity contribution in [1.82, 2.24) is 0 Å². The Balaban J connectivity index is 2.29. The number of carbonyl (C=O) groups excluding carboxylic acids is 2. The number of rotatable bonds is 7. The van der Waals surface area contributed by atoms with E-state index in [1.807, 2.05) is 12.1 Å². The molecule has 132 valence electrons. The second-order valence-corrected chi connectivity index (χ2v) is 6.27. The molecule has 0 fully saturated rings. The van der Waals surface area contributed by atoms with Gasteiger partial charge in [-0.15, -0.1) is 0 Å². The zero-order chi connectivity index (χ0) is 18.4. The molecule has 25 heavy (non-hydrogen) atoms. The first kappa shape index (κ1) is 19.1. The SMILES string of the molecule is COc1ccc(C(OC)C(Br)C(=O)c2ccccc2OC(C)=O)cc1. The summed E-state index contributed by atoms with van der Waals surface area (Å²) in [5, 5.41) is 0. The number of methoxy groups -OCH3 is 2. The van der Waals surface area contributed by atoms with E-state index in [1.54, 1.807) is 43.5 Å². The monoisotopic (exact) mass is 406 g/mol. The Labute approximate surface area is 155 Å². The zero-order valence-electron chi connectivity index (χ0n) is 14.2. The van der Waals surface area contributed by atoms with Crippen molar-refractivity contribution < 1.29 is 23.8 Å². The van der Waals surface area contributed by atoms with Crippen molar-refractivity contribution in [2.45, 2.75) is 17.9 Å². The fraction of sp³-hybridized carbons (Fsp3) is 0.263. The number of ketones is 1. The van der Waals surface area contributed by atoms with Gasteiger partial charge in [-0.1, -0.05) is 40.2 Å². The summed E-state index contributed by atoms with van der Waals surface area (Å²) in [5.41, 5.74) is 1.14. The number of para-hydroxylation sites is 1. The lowest BCUT2D eigenvalue weighted by molar-refractivity contribution is -0.131. The molecule has 0 aliphatic heterocycles. The van der Waals surface area contributed by atoms with Crippen LogP contribution in [0.5, 0.6) is 11.5 Å². The summed E-state index contributed by atoms with van der Waals surface area (Å²) in [4.78, 5) is 23.5. The third-order valence-corrected chi connectivity index (χ3v) is 4.52. The topological polar surface area (TPSA) is 61.8 Å². The van der Waals surface area contributed by atoms with Crippen molar-refractivity contribution in [2.75, 3.05) is 14.2 Å². The fourth-order valence-electron chi connectivity index (χ4n) is 2.42. The summed E-state index contributed by atoms with van der Waals surface area (Å²) in [5.74, 6) is 0.231. The van der Waals surface area contributed by atoms with E-state index in [4.69, 9.17) is 14.2 Å². The molecule has 5 nitrogen and oxygen atoms in total. The highest BCUT2D eigenvalue weighted by atomic mass is 79.9. The Morgan fingerprint density at radius 1 is 1.00 bits per heavy atom. The summed E-state index contributed by atoms with van der Waals surface area (Å²) in [6.07, 6.45) is -0.510. The second-order valence-electron chi connectivity index (χ2n) is 5.29. The summed E-state index contributed by atoms with van der Waals surface area (Å²) in [6.45, 7) is 1.29. The van der Waals surface area contributed by atoms with E-state index in [9.17, 15) is 9.59 Å². The molecule has 0 spiro atoms. The molecule has 2 atom stereocenters. The van der Waals surface area contributed by atoms with Crippen molar-refractivity contribution in [2.24, 2.45) is 0 Å². The average molecular weight is 407 g/mol. The maximum absolute atomic E-state index is 12.9. The maximum Gasteiger partial charge on any atom is 0.308 e. The van der Waals surface area contributed by atoms with Gasteiger partial charge >= 0.3 is 5.97 Å². The van der Waals surface area contributed by atoms with Crippen molar-refractivity contribution >= 4 is 27.7 Å². The Morgan fingerprint density at radius 3 is 2.20 bits per heavy atom. The van der Waals surface area contributed by atoms with Gasteiger partial charge in [0.25, 0.3) is 0 Å². The van der Waals surface area contributed by atoms with Crippen molar-refractivity contribution in [3.63, 3.8) is 0 Å². The Bertz CT molecular complexity index is 742. The van der Waals surface area contributed by atoms with Crippen LogP contribution in [0.2, 0.25) is 0 Å². The molecular weight excluding hydrogens is 388 g/mol. The number of carbonyl (C=O) groups is 2. The molecule has 0 aromatic heterocycles. The summed E-state index contributed by atoms with van der Waals surface area (Å²) >= 11 is 3.43. The van der Waals surface area contributed by atoms with Crippen LogP contribution in [0.3, 0.4) is 0 Å². The number of alkyl halides is 1. The average Bonchev–Trinajstić information content (AvgIpc) is 2.62. The molecule has 0 aliphatic rings. The lowest BCUT2D eigenvalue weighted by Gasteiger charge is -2.21. The number of Topliss-reactive ketones (excluding diaryl/α,β-unsaturated/α-hetero) is 1. The molecule has 0 amide bonds. The smallest absolute Gasteiger partial charge is 0.308 e. The molecule has 0 radical (unpaired) electrons. The highest BCUT2D eigenvalue weighted by molar-refractivity contribution is 9.10. The molecule has 0 bridgehead atoms. The Kier molecular flexibility index (Phi) is 6.73. The molecule has 0 saturated heterocycles. The quantitative estimate of drug-likeness (QED) is 0.301. The van der Waals surface area contributed by atoms with Gasteiger partial charge in [0.2, 0.25) is 0 Å². The van der Waals surface area contributed by atoms with Crippen LogP contribution in [0.15, 0.2) is 48.5 Å². The van der Waals surface area contributed by atoms with Gasteiger partial charge in [-0.25, -0.2) is 0 Å². The summed E-state index contributed by atoms with van der Waals surface area (Å²) in [7, 11) is 3.12. The van der Waals surface area contributed by atoms with E-state index in [0.717, 1.165) is 11.3 Å². The molecule has 0 saturated carbocycles. The molecule has 0 aliphatic carbocycles. The maximum atomic E-state index is 12.9. The molecule has 2 unspecified atom stereocenters. The number of hydrogen-bond donors (Lipinski definition) is 0. The van der Waals surface area contributed by atoms with Gasteiger partial charge in [0.15, 0.2) is 5.78 Å². The predicted molar refractivity (Wildman–Crippen MR) is 97.5 cm³/mol. The molecule has 2 aromatic carbocycles. The van der Waals surface area contributed by atoms with Gasteiger partial charge in [0.05, 0.1) is 12.7 Å². The van der Waals surface area contributed by atoms with E-state index < -0.39 is 16.9 Å². The Morgan fingerprint density at radius 2 is 1.64 bits per heavy atom. The van der Waals surface area contributed by atoms with Gasteiger partial charge in [-0.2, -0.15) is 0 Å². The van der Waals surface area contributed by atoms with Crippen LogP contribution in [-0.4, -0.2) is 30.8 Å². The molecule has 6 heteroatoms. The normalized spacial score (nSPS) is 13.0. The first-order valence-corrected chi connectivity index (χ1v) is 8.52. The van der Waals surface area contributed by atoms with Crippen LogP contribution in [0, 0.1) is 0 Å². The lowest BCUT2D eigenvalue weighted by atomic mass is 9.99. The largest absolute Gasteiger partial charge is 0.497 e. The van der Waals surface area contributed by atoms with Crippen LogP contribution in [0.25, 0.3) is 0 Å².